The number of hydrogen-bond acceptors (Lipinski definition) is 2. The first-order valence-corrected chi connectivity index (χ1v) is 6.24. The summed E-state index contributed by atoms with van der Waals surface area (Å²) in [6.45, 7) is 1.86. The number of halogens is 1. The van der Waals surface area contributed by atoms with Crippen molar-refractivity contribution in [3.63, 3.8) is 0 Å². The summed E-state index contributed by atoms with van der Waals surface area (Å²) in [5.74, 6) is 1.28. The highest BCUT2D eigenvalue weighted by molar-refractivity contribution is 9.10. The molecule has 0 spiro atoms. The molecule has 92 valence electrons. The summed E-state index contributed by atoms with van der Waals surface area (Å²) in [6.07, 6.45) is 3.08. The summed E-state index contributed by atoms with van der Waals surface area (Å²) in [5.41, 5.74) is 0.739. The highest BCUT2D eigenvalue weighted by atomic mass is 79.9. The Hall–Kier alpha value is -1.81. The summed E-state index contributed by atoms with van der Waals surface area (Å²) in [7, 11) is 0. The minimum atomic E-state index is -0.198. The Labute approximate surface area is 114 Å². The minimum Gasteiger partial charge on any atom is -0.462 e. The SMILES string of the molecule is Cc1ccc(/C=C/C(=O)Nc2ccccc2Br)o1. The number of para-hydroxylation sites is 1. The lowest BCUT2D eigenvalue weighted by molar-refractivity contribution is -0.111. The van der Waals surface area contributed by atoms with Crippen molar-refractivity contribution in [2.45, 2.75) is 6.92 Å². The second-order valence-corrected chi connectivity index (χ2v) is 4.61. The number of anilines is 1. The Morgan fingerprint density at radius 3 is 2.72 bits per heavy atom. The molecule has 18 heavy (non-hydrogen) atoms. The van der Waals surface area contributed by atoms with E-state index in [2.05, 4.69) is 21.2 Å². The van der Waals surface area contributed by atoms with Gasteiger partial charge in [0.2, 0.25) is 5.91 Å². The third kappa shape index (κ3) is 3.34. The van der Waals surface area contributed by atoms with E-state index in [0.29, 0.717) is 5.76 Å². The second-order valence-electron chi connectivity index (χ2n) is 3.75. The van der Waals surface area contributed by atoms with Crippen LogP contribution in [-0.2, 0) is 4.79 Å². The second kappa shape index (κ2) is 5.69. The summed E-state index contributed by atoms with van der Waals surface area (Å²) in [4.78, 5) is 11.7. The molecule has 0 aliphatic heterocycles. The lowest BCUT2D eigenvalue weighted by Crippen LogP contribution is -2.07. The number of aryl methyl sites for hydroxylation is 1. The maximum absolute atomic E-state index is 11.7. The van der Waals surface area contributed by atoms with Gasteiger partial charge in [0.05, 0.1) is 5.69 Å². The van der Waals surface area contributed by atoms with Crippen LogP contribution in [-0.4, -0.2) is 5.91 Å². The molecule has 1 N–H and O–H groups in total. The molecule has 1 heterocycles. The predicted octanol–water partition coefficient (Wildman–Crippen LogP) is 4.00. The Bertz CT molecular complexity index is 587. The van der Waals surface area contributed by atoms with Crippen molar-refractivity contribution < 1.29 is 9.21 Å². The van der Waals surface area contributed by atoms with Gasteiger partial charge in [-0.25, -0.2) is 0 Å². The molecular formula is C14H12BrNO2. The van der Waals surface area contributed by atoms with Gasteiger partial charge < -0.3 is 9.73 Å². The van der Waals surface area contributed by atoms with Crippen LogP contribution in [0.25, 0.3) is 6.08 Å². The molecule has 0 bridgehead atoms. The van der Waals surface area contributed by atoms with Gasteiger partial charge in [-0.2, -0.15) is 0 Å². The fraction of sp³-hybridized carbons (Fsp3) is 0.0714. The molecule has 0 fully saturated rings. The van der Waals surface area contributed by atoms with Gasteiger partial charge in [-0.3, -0.25) is 4.79 Å². The molecule has 4 heteroatoms. The van der Waals surface area contributed by atoms with Crippen LogP contribution in [0.1, 0.15) is 11.5 Å². The van der Waals surface area contributed by atoms with E-state index >= 15 is 0 Å². The van der Waals surface area contributed by atoms with E-state index < -0.39 is 0 Å². The zero-order chi connectivity index (χ0) is 13.0. The first kappa shape index (κ1) is 12.6. The van der Waals surface area contributed by atoms with Crippen LogP contribution < -0.4 is 5.32 Å². The Kier molecular flexibility index (Phi) is 3.99. The number of carbonyl (C=O) groups excluding carboxylic acids is 1. The van der Waals surface area contributed by atoms with Gasteiger partial charge >= 0.3 is 0 Å². The monoisotopic (exact) mass is 305 g/mol. The van der Waals surface area contributed by atoms with Gasteiger partial charge in [0, 0.05) is 10.5 Å². The fourth-order valence-corrected chi connectivity index (χ4v) is 1.82. The Morgan fingerprint density at radius 1 is 1.28 bits per heavy atom. The molecule has 0 atom stereocenters. The lowest BCUT2D eigenvalue weighted by Gasteiger charge is -2.03. The van der Waals surface area contributed by atoms with E-state index in [4.69, 9.17) is 4.42 Å². The number of carbonyl (C=O) groups is 1. The molecule has 0 radical (unpaired) electrons. The molecule has 0 unspecified atom stereocenters. The Morgan fingerprint density at radius 2 is 2.06 bits per heavy atom. The number of furan rings is 1. The van der Waals surface area contributed by atoms with Gasteiger partial charge in [0.1, 0.15) is 11.5 Å². The first-order chi connectivity index (χ1) is 8.65. The molecule has 1 aromatic carbocycles. The standard InChI is InChI=1S/C14H12BrNO2/c1-10-6-7-11(18-10)8-9-14(17)16-13-5-3-2-4-12(13)15/h2-9H,1H3,(H,16,17)/b9-8+. The Balaban J connectivity index is 2.01. The maximum Gasteiger partial charge on any atom is 0.248 e. The van der Waals surface area contributed by atoms with E-state index in [0.717, 1.165) is 15.9 Å². The average molecular weight is 306 g/mol. The predicted molar refractivity (Wildman–Crippen MR) is 75.3 cm³/mol. The van der Waals surface area contributed by atoms with Crippen LogP contribution in [0.4, 0.5) is 5.69 Å². The highest BCUT2D eigenvalue weighted by Crippen LogP contribution is 2.21. The van der Waals surface area contributed by atoms with E-state index in [-0.39, 0.29) is 5.91 Å². The van der Waals surface area contributed by atoms with Gasteiger partial charge in [-0.15, -0.1) is 0 Å². The van der Waals surface area contributed by atoms with Gasteiger partial charge in [-0.05, 0) is 53.2 Å². The number of hydrogen-bond donors (Lipinski definition) is 1. The molecule has 3 nitrogen and oxygen atoms in total. The van der Waals surface area contributed by atoms with E-state index in [1.165, 1.54) is 6.08 Å². The molecular weight excluding hydrogens is 294 g/mol. The molecule has 0 saturated carbocycles. The minimum absolute atomic E-state index is 0.198. The first-order valence-electron chi connectivity index (χ1n) is 5.45. The third-order valence-electron chi connectivity index (χ3n) is 2.29. The van der Waals surface area contributed by atoms with Crippen molar-refractivity contribution in [1.29, 1.82) is 0 Å². The van der Waals surface area contributed by atoms with Crippen LogP contribution >= 0.6 is 15.9 Å². The number of benzene rings is 1. The summed E-state index contributed by atoms with van der Waals surface area (Å²) >= 11 is 3.37. The zero-order valence-electron chi connectivity index (χ0n) is 9.81. The van der Waals surface area contributed by atoms with Crippen LogP contribution in [0.2, 0.25) is 0 Å². The quantitative estimate of drug-likeness (QED) is 0.871. The maximum atomic E-state index is 11.7. The molecule has 2 rings (SSSR count). The van der Waals surface area contributed by atoms with E-state index in [9.17, 15) is 4.79 Å². The molecule has 0 saturated heterocycles. The van der Waals surface area contributed by atoms with Crippen molar-refractivity contribution in [2.75, 3.05) is 5.32 Å². The average Bonchev–Trinajstić information content (AvgIpc) is 2.76. The van der Waals surface area contributed by atoms with Crippen LogP contribution in [0.3, 0.4) is 0 Å². The number of nitrogens with one attached hydrogen (secondary N) is 1. The molecule has 0 aliphatic carbocycles. The highest BCUT2D eigenvalue weighted by Gasteiger charge is 2.01. The molecule has 1 aromatic heterocycles. The van der Waals surface area contributed by atoms with Crippen molar-refractivity contribution in [1.82, 2.24) is 0 Å². The van der Waals surface area contributed by atoms with Crippen molar-refractivity contribution in [3.05, 3.63) is 58.5 Å². The summed E-state index contributed by atoms with van der Waals surface area (Å²) in [6, 6.07) is 11.1. The van der Waals surface area contributed by atoms with Crippen molar-refractivity contribution >= 4 is 33.6 Å². The fourth-order valence-electron chi connectivity index (χ4n) is 1.44. The van der Waals surface area contributed by atoms with Crippen LogP contribution in [0.15, 0.2) is 51.4 Å². The molecule has 1 amide bonds. The zero-order valence-corrected chi connectivity index (χ0v) is 11.4. The van der Waals surface area contributed by atoms with Gasteiger partial charge in [0.25, 0.3) is 0 Å². The smallest absolute Gasteiger partial charge is 0.248 e. The number of rotatable bonds is 3. The van der Waals surface area contributed by atoms with Crippen LogP contribution in [0.5, 0.6) is 0 Å². The van der Waals surface area contributed by atoms with E-state index in [1.807, 2.05) is 43.3 Å². The van der Waals surface area contributed by atoms with Crippen molar-refractivity contribution in [3.8, 4) is 0 Å². The largest absolute Gasteiger partial charge is 0.462 e. The van der Waals surface area contributed by atoms with Crippen LogP contribution in [0, 0.1) is 6.92 Å². The molecule has 0 aliphatic rings. The van der Waals surface area contributed by atoms with Crippen molar-refractivity contribution in [2.24, 2.45) is 0 Å². The van der Waals surface area contributed by atoms with E-state index in [1.54, 1.807) is 6.08 Å². The summed E-state index contributed by atoms with van der Waals surface area (Å²) in [5, 5.41) is 2.77. The third-order valence-corrected chi connectivity index (χ3v) is 2.98. The van der Waals surface area contributed by atoms with Gasteiger partial charge in [0.15, 0.2) is 0 Å². The summed E-state index contributed by atoms with van der Waals surface area (Å²) < 4.78 is 6.18. The normalized spacial score (nSPS) is 10.8. The topological polar surface area (TPSA) is 42.2 Å². The van der Waals surface area contributed by atoms with Gasteiger partial charge in [-0.1, -0.05) is 12.1 Å². The molecule has 2 aromatic rings. The lowest BCUT2D eigenvalue weighted by atomic mass is 10.3. The number of amides is 1.